The third-order valence-electron chi connectivity index (χ3n) is 2.53. The highest BCUT2D eigenvalue weighted by Crippen LogP contribution is 2.11. The number of nitrogens with one attached hydrogen (secondary N) is 1. The Bertz CT molecular complexity index is 665. The van der Waals surface area contributed by atoms with Crippen molar-refractivity contribution in [1.82, 2.24) is 9.55 Å². The van der Waals surface area contributed by atoms with Gasteiger partial charge in [-0.05, 0) is 18.2 Å². The summed E-state index contributed by atoms with van der Waals surface area (Å²) < 4.78 is 1.71. The van der Waals surface area contributed by atoms with E-state index in [1.165, 1.54) is 0 Å². The van der Waals surface area contributed by atoms with Crippen LogP contribution in [0.1, 0.15) is 22.5 Å². The number of carbonyl (C=O) groups is 1. The van der Waals surface area contributed by atoms with E-state index in [1.54, 1.807) is 36.3 Å². The van der Waals surface area contributed by atoms with E-state index in [-0.39, 0.29) is 12.5 Å². The van der Waals surface area contributed by atoms with E-state index >= 15 is 0 Å². The number of aromatic nitrogens is 2. The Labute approximate surface area is 117 Å². The molecule has 0 saturated heterocycles. The highest BCUT2D eigenvalue weighted by Gasteiger charge is 2.08. The molecule has 0 radical (unpaired) electrons. The van der Waals surface area contributed by atoms with Gasteiger partial charge in [-0.25, -0.2) is 4.98 Å². The Kier molecular flexibility index (Phi) is 4.53. The van der Waals surface area contributed by atoms with Crippen LogP contribution in [-0.4, -0.2) is 27.2 Å². The Morgan fingerprint density at radius 2 is 2.35 bits per heavy atom. The third kappa shape index (κ3) is 3.70. The SMILES string of the molecule is Cn1cnc(C(=O)Nc2cccc(C#CCCO)c2)c1. The zero-order valence-electron chi connectivity index (χ0n) is 11.1. The number of rotatable bonds is 3. The minimum absolute atomic E-state index is 0.0447. The van der Waals surface area contributed by atoms with Crippen molar-refractivity contribution in [2.24, 2.45) is 7.05 Å². The topological polar surface area (TPSA) is 67.2 Å². The van der Waals surface area contributed by atoms with Crippen molar-refractivity contribution in [3.05, 3.63) is 48.0 Å². The van der Waals surface area contributed by atoms with Crippen molar-refractivity contribution in [3.8, 4) is 11.8 Å². The highest BCUT2D eigenvalue weighted by atomic mass is 16.2. The van der Waals surface area contributed by atoms with Gasteiger partial charge in [0.2, 0.25) is 0 Å². The number of aryl methyl sites for hydroxylation is 1. The fraction of sp³-hybridized carbons (Fsp3) is 0.200. The second-order valence-corrected chi connectivity index (χ2v) is 4.23. The lowest BCUT2D eigenvalue weighted by Gasteiger charge is -2.03. The van der Waals surface area contributed by atoms with Crippen molar-refractivity contribution in [1.29, 1.82) is 0 Å². The van der Waals surface area contributed by atoms with Crippen LogP contribution in [0.4, 0.5) is 5.69 Å². The molecule has 0 atom stereocenters. The Hall–Kier alpha value is -2.58. The molecule has 1 amide bonds. The molecule has 0 aliphatic carbocycles. The number of aliphatic hydroxyl groups excluding tert-OH is 1. The quantitative estimate of drug-likeness (QED) is 0.828. The van der Waals surface area contributed by atoms with Crippen LogP contribution in [0.5, 0.6) is 0 Å². The van der Waals surface area contributed by atoms with Gasteiger partial charge in [-0.15, -0.1) is 0 Å². The maximum atomic E-state index is 11.9. The first-order valence-electron chi connectivity index (χ1n) is 6.18. The molecule has 1 aromatic heterocycles. The first-order valence-corrected chi connectivity index (χ1v) is 6.18. The van der Waals surface area contributed by atoms with E-state index in [2.05, 4.69) is 22.1 Å². The van der Waals surface area contributed by atoms with Gasteiger partial charge >= 0.3 is 0 Å². The predicted octanol–water partition coefficient (Wildman–Crippen LogP) is 1.41. The molecule has 2 aromatic rings. The molecule has 0 aliphatic rings. The average Bonchev–Trinajstić information content (AvgIpc) is 2.86. The number of benzene rings is 1. The summed E-state index contributed by atoms with van der Waals surface area (Å²) in [5.74, 6) is 5.50. The number of imidazole rings is 1. The molecule has 0 saturated carbocycles. The molecule has 1 heterocycles. The molecular weight excluding hydrogens is 254 g/mol. The number of aliphatic hydroxyl groups is 1. The molecule has 2 rings (SSSR count). The maximum absolute atomic E-state index is 11.9. The van der Waals surface area contributed by atoms with Gasteiger partial charge in [0.05, 0.1) is 12.9 Å². The van der Waals surface area contributed by atoms with Gasteiger partial charge < -0.3 is 15.0 Å². The van der Waals surface area contributed by atoms with Gasteiger partial charge in [0, 0.05) is 30.9 Å². The number of anilines is 1. The highest BCUT2D eigenvalue weighted by molar-refractivity contribution is 6.02. The second-order valence-electron chi connectivity index (χ2n) is 4.23. The maximum Gasteiger partial charge on any atom is 0.275 e. The summed E-state index contributed by atoms with van der Waals surface area (Å²) in [5, 5.41) is 11.4. The summed E-state index contributed by atoms with van der Waals surface area (Å²) in [6.45, 7) is 0.0447. The van der Waals surface area contributed by atoms with Crippen molar-refractivity contribution in [2.75, 3.05) is 11.9 Å². The molecule has 20 heavy (non-hydrogen) atoms. The van der Waals surface area contributed by atoms with Crippen LogP contribution in [0.2, 0.25) is 0 Å². The van der Waals surface area contributed by atoms with Gasteiger partial charge in [-0.1, -0.05) is 17.9 Å². The van der Waals surface area contributed by atoms with Crippen molar-refractivity contribution >= 4 is 11.6 Å². The minimum Gasteiger partial charge on any atom is -0.395 e. The van der Waals surface area contributed by atoms with E-state index in [1.807, 2.05) is 12.1 Å². The molecular formula is C15H15N3O2. The minimum atomic E-state index is -0.258. The molecule has 0 spiro atoms. The van der Waals surface area contributed by atoms with Crippen LogP contribution in [0.25, 0.3) is 0 Å². The summed E-state index contributed by atoms with van der Waals surface area (Å²) in [7, 11) is 1.81. The molecule has 5 heteroatoms. The van der Waals surface area contributed by atoms with Gasteiger partial charge in [-0.3, -0.25) is 4.79 Å². The number of carbonyl (C=O) groups excluding carboxylic acids is 1. The molecule has 0 unspecified atom stereocenters. The Balaban J connectivity index is 2.08. The molecule has 2 N–H and O–H groups in total. The van der Waals surface area contributed by atoms with Gasteiger partial charge in [0.1, 0.15) is 5.69 Å². The van der Waals surface area contributed by atoms with Crippen LogP contribution < -0.4 is 5.32 Å². The first kappa shape index (κ1) is 13.8. The predicted molar refractivity (Wildman–Crippen MR) is 76.2 cm³/mol. The molecule has 102 valence electrons. The molecule has 0 fully saturated rings. The van der Waals surface area contributed by atoms with Gasteiger partial charge in [0.25, 0.3) is 5.91 Å². The normalized spacial score (nSPS) is 9.70. The van der Waals surface area contributed by atoms with Crippen LogP contribution in [0, 0.1) is 11.8 Å². The lowest BCUT2D eigenvalue weighted by molar-refractivity contribution is 0.102. The van der Waals surface area contributed by atoms with Crippen molar-refractivity contribution in [2.45, 2.75) is 6.42 Å². The summed E-state index contributed by atoms with van der Waals surface area (Å²) in [6, 6.07) is 7.24. The molecule has 1 aromatic carbocycles. The monoisotopic (exact) mass is 269 g/mol. The average molecular weight is 269 g/mol. The van der Waals surface area contributed by atoms with Gasteiger partial charge in [-0.2, -0.15) is 0 Å². The summed E-state index contributed by atoms with van der Waals surface area (Å²) in [6.07, 6.45) is 3.66. The fourth-order valence-corrected chi connectivity index (χ4v) is 1.62. The lowest BCUT2D eigenvalue weighted by atomic mass is 10.2. The largest absolute Gasteiger partial charge is 0.395 e. The van der Waals surface area contributed by atoms with Crippen LogP contribution in [0.15, 0.2) is 36.8 Å². The van der Waals surface area contributed by atoms with E-state index in [4.69, 9.17) is 5.11 Å². The third-order valence-corrected chi connectivity index (χ3v) is 2.53. The molecule has 5 nitrogen and oxygen atoms in total. The second kappa shape index (κ2) is 6.55. The number of hydrogen-bond acceptors (Lipinski definition) is 3. The number of amides is 1. The van der Waals surface area contributed by atoms with Crippen molar-refractivity contribution < 1.29 is 9.90 Å². The zero-order chi connectivity index (χ0) is 14.4. The van der Waals surface area contributed by atoms with E-state index < -0.39 is 0 Å². The lowest BCUT2D eigenvalue weighted by Crippen LogP contribution is -2.12. The Morgan fingerprint density at radius 3 is 3.05 bits per heavy atom. The summed E-state index contributed by atoms with van der Waals surface area (Å²) in [4.78, 5) is 15.9. The summed E-state index contributed by atoms with van der Waals surface area (Å²) in [5.41, 5.74) is 1.82. The van der Waals surface area contributed by atoms with Crippen LogP contribution in [0.3, 0.4) is 0 Å². The Morgan fingerprint density at radius 1 is 1.50 bits per heavy atom. The van der Waals surface area contributed by atoms with Gasteiger partial charge in [0.15, 0.2) is 0 Å². The fourth-order valence-electron chi connectivity index (χ4n) is 1.62. The smallest absolute Gasteiger partial charge is 0.275 e. The standard InChI is InChI=1S/C15H15N3O2/c1-18-10-14(16-11-18)15(20)17-13-7-4-6-12(9-13)5-2-3-8-19/h4,6-7,9-11,19H,3,8H2,1H3,(H,17,20). The number of hydrogen-bond donors (Lipinski definition) is 2. The zero-order valence-corrected chi connectivity index (χ0v) is 11.1. The molecule has 0 aliphatic heterocycles. The van der Waals surface area contributed by atoms with Crippen molar-refractivity contribution in [3.63, 3.8) is 0 Å². The van der Waals surface area contributed by atoms with Crippen LogP contribution in [-0.2, 0) is 7.05 Å². The van der Waals surface area contributed by atoms with Crippen LogP contribution >= 0.6 is 0 Å². The number of nitrogens with zero attached hydrogens (tertiary/aromatic N) is 2. The van der Waals surface area contributed by atoms with E-state index in [0.29, 0.717) is 17.8 Å². The first-order chi connectivity index (χ1) is 9.69. The van der Waals surface area contributed by atoms with E-state index in [0.717, 1.165) is 5.56 Å². The summed E-state index contributed by atoms with van der Waals surface area (Å²) >= 11 is 0. The van der Waals surface area contributed by atoms with E-state index in [9.17, 15) is 4.79 Å². The molecule has 0 bridgehead atoms.